The third-order valence-corrected chi connectivity index (χ3v) is 5.37. The van der Waals surface area contributed by atoms with Crippen LogP contribution in [-0.4, -0.2) is 22.1 Å². The van der Waals surface area contributed by atoms with Gasteiger partial charge < -0.3 is 4.74 Å². The van der Waals surface area contributed by atoms with Crippen molar-refractivity contribution in [1.29, 1.82) is 0 Å². The number of aryl methyl sites for hydroxylation is 2. The molecule has 0 atom stereocenters. The van der Waals surface area contributed by atoms with Crippen LogP contribution >= 0.6 is 0 Å². The average molecular weight is 347 g/mol. The van der Waals surface area contributed by atoms with Gasteiger partial charge in [0, 0.05) is 6.54 Å². The van der Waals surface area contributed by atoms with Crippen molar-refractivity contribution >= 4 is 10.0 Å². The molecule has 0 saturated carbocycles. The first-order valence-corrected chi connectivity index (χ1v) is 9.66. The standard InChI is InChI=1S/C19H25NO3S/c1-4-5-16-7-9-18(10-8-16)24(21,22)20-13-12-17-14-15(2)6-11-19(17)23-3/h6-11,14,20H,4-5,12-13H2,1-3H3. The summed E-state index contributed by atoms with van der Waals surface area (Å²) in [5, 5.41) is 0. The normalized spacial score (nSPS) is 11.5. The lowest BCUT2D eigenvalue weighted by Crippen LogP contribution is -2.26. The zero-order chi connectivity index (χ0) is 17.6. The number of rotatable bonds is 8. The molecule has 0 saturated heterocycles. The second-order valence-electron chi connectivity index (χ2n) is 5.86. The number of methoxy groups -OCH3 is 1. The fraction of sp³-hybridized carbons (Fsp3) is 0.368. The summed E-state index contributed by atoms with van der Waals surface area (Å²) < 4.78 is 32.7. The molecule has 0 radical (unpaired) electrons. The van der Waals surface area contributed by atoms with Crippen LogP contribution in [0, 0.1) is 6.92 Å². The highest BCUT2D eigenvalue weighted by Gasteiger charge is 2.13. The van der Waals surface area contributed by atoms with E-state index in [9.17, 15) is 8.42 Å². The molecular weight excluding hydrogens is 322 g/mol. The summed E-state index contributed by atoms with van der Waals surface area (Å²) in [7, 11) is -1.86. The quantitative estimate of drug-likeness (QED) is 0.795. The number of sulfonamides is 1. The predicted molar refractivity (Wildman–Crippen MR) is 97.1 cm³/mol. The van der Waals surface area contributed by atoms with Crippen LogP contribution in [-0.2, 0) is 22.9 Å². The summed E-state index contributed by atoms with van der Waals surface area (Å²) in [6.07, 6.45) is 2.58. The largest absolute Gasteiger partial charge is 0.496 e. The number of benzene rings is 2. The lowest BCUT2D eigenvalue weighted by Gasteiger charge is -2.11. The molecule has 4 nitrogen and oxygen atoms in total. The van der Waals surface area contributed by atoms with E-state index < -0.39 is 10.0 Å². The smallest absolute Gasteiger partial charge is 0.240 e. The predicted octanol–water partition coefficient (Wildman–Crippen LogP) is 3.48. The SMILES string of the molecule is CCCc1ccc(S(=O)(=O)NCCc2cc(C)ccc2OC)cc1. The van der Waals surface area contributed by atoms with E-state index in [1.165, 1.54) is 0 Å². The van der Waals surface area contributed by atoms with Crippen molar-refractivity contribution in [2.24, 2.45) is 0 Å². The van der Waals surface area contributed by atoms with Gasteiger partial charge in [-0.3, -0.25) is 0 Å². The van der Waals surface area contributed by atoms with Crippen molar-refractivity contribution < 1.29 is 13.2 Å². The van der Waals surface area contributed by atoms with Crippen LogP contribution in [0.15, 0.2) is 47.4 Å². The van der Waals surface area contributed by atoms with Crippen LogP contribution in [0.4, 0.5) is 0 Å². The number of hydrogen-bond acceptors (Lipinski definition) is 3. The minimum Gasteiger partial charge on any atom is -0.496 e. The van der Waals surface area contributed by atoms with Gasteiger partial charge in [-0.25, -0.2) is 13.1 Å². The molecule has 0 fully saturated rings. The summed E-state index contributed by atoms with van der Waals surface area (Å²) in [5.41, 5.74) is 3.28. The highest BCUT2D eigenvalue weighted by molar-refractivity contribution is 7.89. The van der Waals surface area contributed by atoms with E-state index in [4.69, 9.17) is 4.74 Å². The van der Waals surface area contributed by atoms with Gasteiger partial charge in [0.15, 0.2) is 0 Å². The third-order valence-electron chi connectivity index (χ3n) is 3.89. The monoisotopic (exact) mass is 347 g/mol. The summed E-state index contributed by atoms with van der Waals surface area (Å²) in [6, 6.07) is 13.0. The molecule has 2 rings (SSSR count). The van der Waals surface area contributed by atoms with Crippen molar-refractivity contribution in [3.05, 3.63) is 59.2 Å². The first kappa shape index (κ1) is 18.5. The third kappa shape index (κ3) is 4.82. The first-order valence-electron chi connectivity index (χ1n) is 8.18. The Kier molecular flexibility index (Phi) is 6.40. The Hall–Kier alpha value is -1.85. The molecule has 2 aromatic carbocycles. The second-order valence-corrected chi connectivity index (χ2v) is 7.62. The molecule has 5 heteroatoms. The summed E-state index contributed by atoms with van der Waals surface area (Å²) in [5.74, 6) is 0.781. The molecule has 0 aromatic heterocycles. The van der Waals surface area contributed by atoms with E-state index in [2.05, 4.69) is 11.6 Å². The van der Waals surface area contributed by atoms with Gasteiger partial charge in [-0.2, -0.15) is 0 Å². The maximum absolute atomic E-state index is 12.4. The first-order chi connectivity index (χ1) is 11.5. The van der Waals surface area contributed by atoms with E-state index in [1.807, 2.05) is 37.3 Å². The van der Waals surface area contributed by atoms with Gasteiger partial charge >= 0.3 is 0 Å². The molecule has 1 N–H and O–H groups in total. The molecule has 0 heterocycles. The molecular formula is C19H25NO3S. The van der Waals surface area contributed by atoms with Gasteiger partial charge in [0.2, 0.25) is 10.0 Å². The van der Waals surface area contributed by atoms with E-state index in [1.54, 1.807) is 19.2 Å². The Balaban J connectivity index is 2.01. The Morgan fingerprint density at radius 3 is 2.38 bits per heavy atom. The molecule has 24 heavy (non-hydrogen) atoms. The highest BCUT2D eigenvalue weighted by atomic mass is 32.2. The van der Waals surface area contributed by atoms with Gasteiger partial charge in [-0.05, 0) is 49.1 Å². The second kappa shape index (κ2) is 8.31. The Morgan fingerprint density at radius 2 is 1.75 bits per heavy atom. The topological polar surface area (TPSA) is 55.4 Å². The van der Waals surface area contributed by atoms with E-state index >= 15 is 0 Å². The van der Waals surface area contributed by atoms with Crippen LogP contribution in [0.1, 0.15) is 30.0 Å². The molecule has 0 unspecified atom stereocenters. The summed E-state index contributed by atoms with van der Waals surface area (Å²) >= 11 is 0. The van der Waals surface area contributed by atoms with Gasteiger partial charge in [0.1, 0.15) is 5.75 Å². The van der Waals surface area contributed by atoms with Gasteiger partial charge in [0.05, 0.1) is 12.0 Å². The summed E-state index contributed by atoms with van der Waals surface area (Å²) in [6.45, 7) is 4.44. The lowest BCUT2D eigenvalue weighted by molar-refractivity contribution is 0.409. The van der Waals surface area contributed by atoms with Crippen molar-refractivity contribution in [2.45, 2.75) is 38.0 Å². The van der Waals surface area contributed by atoms with E-state index in [-0.39, 0.29) is 0 Å². The van der Waals surface area contributed by atoms with E-state index in [0.717, 1.165) is 35.3 Å². The molecule has 0 amide bonds. The van der Waals surface area contributed by atoms with Gasteiger partial charge in [-0.15, -0.1) is 0 Å². The minimum atomic E-state index is -3.48. The zero-order valence-corrected chi connectivity index (χ0v) is 15.3. The lowest BCUT2D eigenvalue weighted by atomic mass is 10.1. The van der Waals surface area contributed by atoms with E-state index in [0.29, 0.717) is 17.9 Å². The van der Waals surface area contributed by atoms with Gasteiger partial charge in [0.25, 0.3) is 0 Å². The van der Waals surface area contributed by atoms with Gasteiger partial charge in [-0.1, -0.05) is 43.2 Å². The fourth-order valence-electron chi connectivity index (χ4n) is 2.63. The van der Waals surface area contributed by atoms with Crippen molar-refractivity contribution in [2.75, 3.05) is 13.7 Å². The molecule has 0 spiro atoms. The highest BCUT2D eigenvalue weighted by Crippen LogP contribution is 2.20. The molecule has 0 bridgehead atoms. The molecule has 0 aliphatic carbocycles. The number of nitrogens with one attached hydrogen (secondary N) is 1. The van der Waals surface area contributed by atoms with Crippen molar-refractivity contribution in [1.82, 2.24) is 4.72 Å². The van der Waals surface area contributed by atoms with Crippen LogP contribution < -0.4 is 9.46 Å². The molecule has 130 valence electrons. The molecule has 2 aromatic rings. The van der Waals surface area contributed by atoms with Crippen molar-refractivity contribution in [3.63, 3.8) is 0 Å². The maximum atomic E-state index is 12.4. The van der Waals surface area contributed by atoms with Crippen LogP contribution in [0.25, 0.3) is 0 Å². The number of ether oxygens (including phenoxy) is 1. The minimum absolute atomic E-state index is 0.304. The zero-order valence-electron chi connectivity index (χ0n) is 14.5. The molecule has 0 aliphatic heterocycles. The van der Waals surface area contributed by atoms with Crippen LogP contribution in [0.5, 0.6) is 5.75 Å². The van der Waals surface area contributed by atoms with Crippen molar-refractivity contribution in [3.8, 4) is 5.75 Å². The maximum Gasteiger partial charge on any atom is 0.240 e. The van der Waals surface area contributed by atoms with Crippen LogP contribution in [0.3, 0.4) is 0 Å². The van der Waals surface area contributed by atoms with Crippen LogP contribution in [0.2, 0.25) is 0 Å². The Labute approximate surface area is 144 Å². The Bertz CT molecular complexity index is 768. The average Bonchev–Trinajstić information content (AvgIpc) is 2.56. The number of hydrogen-bond donors (Lipinski definition) is 1. The Morgan fingerprint density at radius 1 is 1.04 bits per heavy atom. The summed E-state index contributed by atoms with van der Waals surface area (Å²) in [4.78, 5) is 0.304. The molecule has 0 aliphatic rings. The fourth-order valence-corrected chi connectivity index (χ4v) is 3.66.